The number of rotatable bonds is 6. The molecule has 0 aliphatic carbocycles. The lowest BCUT2D eigenvalue weighted by atomic mass is 10.3. The van der Waals surface area contributed by atoms with Crippen molar-refractivity contribution in [3.63, 3.8) is 0 Å². The fourth-order valence-corrected chi connectivity index (χ4v) is 1.53. The number of aromatic nitrogens is 5. The molecule has 0 aliphatic heterocycles. The molecule has 8 heteroatoms. The summed E-state index contributed by atoms with van der Waals surface area (Å²) in [6.07, 6.45) is 2.16. The summed E-state index contributed by atoms with van der Waals surface area (Å²) in [5.74, 6) is 0.442. The first-order valence-electron chi connectivity index (χ1n) is 6.15. The summed E-state index contributed by atoms with van der Waals surface area (Å²) in [5, 5.41) is 15.4. The summed E-state index contributed by atoms with van der Waals surface area (Å²) in [7, 11) is 0. The second-order valence-corrected chi connectivity index (χ2v) is 4.01. The molecule has 0 aliphatic rings. The summed E-state index contributed by atoms with van der Waals surface area (Å²) < 4.78 is 11.8. The highest BCUT2D eigenvalue weighted by atomic mass is 16.5. The molecular weight excluding hydrogens is 262 g/mol. The Labute approximate surface area is 115 Å². The van der Waals surface area contributed by atoms with Gasteiger partial charge in [-0.15, -0.1) is 15.3 Å². The van der Waals surface area contributed by atoms with Crippen LogP contribution in [0.3, 0.4) is 0 Å². The molecule has 2 heterocycles. The Kier molecular flexibility index (Phi) is 4.24. The van der Waals surface area contributed by atoms with Crippen molar-refractivity contribution in [2.24, 2.45) is 0 Å². The third kappa shape index (κ3) is 2.90. The number of hydrogen-bond donors (Lipinski definition) is 0. The van der Waals surface area contributed by atoms with Crippen LogP contribution in [0.1, 0.15) is 34.9 Å². The molecule has 0 unspecified atom stereocenters. The molecule has 8 nitrogen and oxygen atoms in total. The van der Waals surface area contributed by atoms with Crippen LogP contribution < -0.4 is 0 Å². The largest absolute Gasteiger partial charge is 0.457 e. The van der Waals surface area contributed by atoms with Crippen LogP contribution in [0.4, 0.5) is 0 Å². The Hall–Kier alpha value is -2.51. The first-order valence-corrected chi connectivity index (χ1v) is 6.15. The Morgan fingerprint density at radius 2 is 2.15 bits per heavy atom. The molecule has 0 atom stereocenters. The van der Waals surface area contributed by atoms with Crippen LogP contribution in [0.5, 0.6) is 0 Å². The fraction of sp³-hybridized carbons (Fsp3) is 0.417. The average Bonchev–Trinajstić information content (AvgIpc) is 3.04. The Bertz CT molecular complexity index is 616. The Morgan fingerprint density at radius 1 is 1.40 bits per heavy atom. The van der Waals surface area contributed by atoms with E-state index in [-0.39, 0.29) is 18.8 Å². The van der Waals surface area contributed by atoms with Gasteiger partial charge in [0, 0.05) is 6.42 Å². The number of hydrogen-bond acceptors (Lipinski definition) is 7. The Morgan fingerprint density at radius 3 is 2.80 bits per heavy atom. The third-order valence-electron chi connectivity index (χ3n) is 2.60. The molecule has 0 spiro atoms. The van der Waals surface area contributed by atoms with Crippen molar-refractivity contribution >= 4 is 5.97 Å². The molecule has 0 radical (unpaired) electrons. The number of ether oxygens (including phenoxy) is 1. The standard InChI is InChI=1S/C12H15N5O3/c1-4-6-19-12(18)11-8(3)17(16-15-11)7-10-14-13-9(5-2)20-10/h4H,1,5-7H2,2-3H3. The van der Waals surface area contributed by atoms with E-state index in [0.717, 1.165) is 0 Å². The number of carbonyl (C=O) groups is 1. The number of aryl methyl sites for hydroxylation is 1. The van der Waals surface area contributed by atoms with Gasteiger partial charge in [0.05, 0.1) is 5.69 Å². The second kappa shape index (κ2) is 6.09. The van der Waals surface area contributed by atoms with Crippen LogP contribution in [-0.2, 0) is 17.7 Å². The van der Waals surface area contributed by atoms with Gasteiger partial charge in [-0.2, -0.15) is 0 Å². The molecule has 2 rings (SSSR count). The second-order valence-electron chi connectivity index (χ2n) is 4.01. The number of nitrogens with zero attached hydrogens (tertiary/aromatic N) is 5. The van der Waals surface area contributed by atoms with Gasteiger partial charge < -0.3 is 9.15 Å². The van der Waals surface area contributed by atoms with Gasteiger partial charge in [-0.3, -0.25) is 0 Å². The van der Waals surface area contributed by atoms with Crippen LogP contribution >= 0.6 is 0 Å². The van der Waals surface area contributed by atoms with Crippen LogP contribution in [0, 0.1) is 6.92 Å². The van der Waals surface area contributed by atoms with Gasteiger partial charge in [0.15, 0.2) is 5.69 Å². The minimum Gasteiger partial charge on any atom is -0.457 e. The van der Waals surface area contributed by atoms with E-state index in [2.05, 4.69) is 27.1 Å². The quantitative estimate of drug-likeness (QED) is 0.572. The lowest BCUT2D eigenvalue weighted by Crippen LogP contribution is -2.09. The van der Waals surface area contributed by atoms with E-state index in [1.165, 1.54) is 10.8 Å². The van der Waals surface area contributed by atoms with Gasteiger partial charge in [0.1, 0.15) is 13.2 Å². The zero-order chi connectivity index (χ0) is 14.5. The highest BCUT2D eigenvalue weighted by molar-refractivity contribution is 5.88. The van der Waals surface area contributed by atoms with Crippen LogP contribution in [0.15, 0.2) is 17.1 Å². The molecule has 0 amide bonds. The zero-order valence-corrected chi connectivity index (χ0v) is 11.4. The van der Waals surface area contributed by atoms with Gasteiger partial charge in [0.2, 0.25) is 11.8 Å². The average molecular weight is 277 g/mol. The van der Waals surface area contributed by atoms with Gasteiger partial charge in [-0.05, 0) is 6.92 Å². The molecule has 0 N–H and O–H groups in total. The molecular formula is C12H15N5O3. The highest BCUT2D eigenvalue weighted by Gasteiger charge is 2.18. The maximum absolute atomic E-state index is 11.7. The molecule has 0 bridgehead atoms. The van der Waals surface area contributed by atoms with Gasteiger partial charge in [-0.1, -0.05) is 24.8 Å². The van der Waals surface area contributed by atoms with E-state index >= 15 is 0 Å². The first-order chi connectivity index (χ1) is 9.65. The summed E-state index contributed by atoms with van der Waals surface area (Å²) >= 11 is 0. The van der Waals surface area contributed by atoms with Crippen molar-refractivity contribution in [1.29, 1.82) is 0 Å². The van der Waals surface area contributed by atoms with Crippen molar-refractivity contribution in [1.82, 2.24) is 25.2 Å². The summed E-state index contributed by atoms with van der Waals surface area (Å²) in [6.45, 7) is 7.52. The van der Waals surface area contributed by atoms with Crippen molar-refractivity contribution < 1.29 is 13.9 Å². The van der Waals surface area contributed by atoms with Crippen molar-refractivity contribution in [2.75, 3.05) is 6.61 Å². The zero-order valence-electron chi connectivity index (χ0n) is 11.4. The fourth-order valence-electron chi connectivity index (χ4n) is 1.53. The predicted molar refractivity (Wildman–Crippen MR) is 68.0 cm³/mol. The lowest BCUT2D eigenvalue weighted by molar-refractivity contribution is 0.0542. The topological polar surface area (TPSA) is 95.9 Å². The lowest BCUT2D eigenvalue weighted by Gasteiger charge is -2.01. The molecule has 106 valence electrons. The smallest absolute Gasteiger partial charge is 0.361 e. The minimum absolute atomic E-state index is 0.134. The third-order valence-corrected chi connectivity index (χ3v) is 2.60. The Balaban J connectivity index is 2.12. The van der Waals surface area contributed by atoms with Crippen LogP contribution in [0.2, 0.25) is 0 Å². The first kappa shape index (κ1) is 13.9. The minimum atomic E-state index is -0.534. The predicted octanol–water partition coefficient (Wildman–Crippen LogP) is 0.923. The van der Waals surface area contributed by atoms with E-state index in [9.17, 15) is 4.79 Å². The molecule has 2 aromatic heterocycles. The van der Waals surface area contributed by atoms with Crippen LogP contribution in [0.25, 0.3) is 0 Å². The summed E-state index contributed by atoms with van der Waals surface area (Å²) in [5.41, 5.74) is 0.748. The SMILES string of the molecule is C=CCOC(=O)c1nnn(Cc2nnc(CC)o2)c1C. The molecule has 0 aromatic carbocycles. The molecule has 0 saturated carbocycles. The van der Waals surface area contributed by atoms with E-state index in [0.29, 0.717) is 23.9 Å². The normalized spacial score (nSPS) is 10.5. The summed E-state index contributed by atoms with van der Waals surface area (Å²) in [4.78, 5) is 11.7. The van der Waals surface area contributed by atoms with E-state index in [4.69, 9.17) is 9.15 Å². The van der Waals surface area contributed by atoms with Gasteiger partial charge >= 0.3 is 5.97 Å². The number of esters is 1. The monoisotopic (exact) mass is 277 g/mol. The van der Waals surface area contributed by atoms with E-state index in [1.807, 2.05) is 6.92 Å². The molecule has 20 heavy (non-hydrogen) atoms. The molecule has 0 fully saturated rings. The van der Waals surface area contributed by atoms with E-state index < -0.39 is 5.97 Å². The van der Waals surface area contributed by atoms with Gasteiger partial charge in [-0.25, -0.2) is 9.48 Å². The summed E-state index contributed by atoms with van der Waals surface area (Å²) in [6, 6.07) is 0. The van der Waals surface area contributed by atoms with E-state index in [1.54, 1.807) is 6.92 Å². The van der Waals surface area contributed by atoms with Crippen molar-refractivity contribution in [3.05, 3.63) is 35.8 Å². The van der Waals surface area contributed by atoms with Crippen molar-refractivity contribution in [3.8, 4) is 0 Å². The number of carbonyl (C=O) groups excluding carboxylic acids is 1. The van der Waals surface area contributed by atoms with Crippen LogP contribution in [-0.4, -0.2) is 37.8 Å². The highest BCUT2D eigenvalue weighted by Crippen LogP contribution is 2.09. The molecule has 0 saturated heterocycles. The maximum Gasteiger partial charge on any atom is 0.361 e. The van der Waals surface area contributed by atoms with Crippen molar-refractivity contribution in [2.45, 2.75) is 26.8 Å². The molecule has 2 aromatic rings. The maximum atomic E-state index is 11.7. The van der Waals surface area contributed by atoms with Gasteiger partial charge in [0.25, 0.3) is 0 Å².